The molecule has 0 saturated heterocycles. The number of ether oxygens (including phenoxy) is 1. The molecule has 5 nitrogen and oxygen atoms in total. The summed E-state index contributed by atoms with van der Waals surface area (Å²) < 4.78 is 4.84. The Kier molecular flexibility index (Phi) is 3.82. The van der Waals surface area contributed by atoms with Gasteiger partial charge in [-0.2, -0.15) is 0 Å². The number of fused-ring (bicyclic) bond motifs is 1. The summed E-state index contributed by atoms with van der Waals surface area (Å²) in [4.78, 5) is 23.1. The molecule has 1 aliphatic heterocycles. The van der Waals surface area contributed by atoms with E-state index in [0.717, 1.165) is 11.4 Å². The van der Waals surface area contributed by atoms with Crippen LogP contribution in [0.25, 0.3) is 0 Å². The van der Waals surface area contributed by atoms with Gasteiger partial charge in [0.1, 0.15) is 6.04 Å². The van der Waals surface area contributed by atoms with Gasteiger partial charge >= 0.3 is 5.97 Å². The maximum absolute atomic E-state index is 11.8. The molecule has 5 heteroatoms. The minimum atomic E-state index is -0.385. The fourth-order valence-electron chi connectivity index (χ4n) is 1.89. The molecule has 1 heterocycles. The average Bonchev–Trinajstić information content (AvgIpc) is 2.36. The van der Waals surface area contributed by atoms with Crippen molar-refractivity contribution in [1.29, 1.82) is 0 Å². The van der Waals surface area contributed by atoms with Gasteiger partial charge in [0.05, 0.1) is 18.0 Å². The first kappa shape index (κ1) is 12.4. The number of nitrogens with one attached hydrogen (secondary N) is 2. The van der Waals surface area contributed by atoms with Crippen LogP contribution in [-0.2, 0) is 14.3 Å². The van der Waals surface area contributed by atoms with Crippen molar-refractivity contribution in [3.8, 4) is 0 Å². The predicted octanol–water partition coefficient (Wildman–Crippen LogP) is 1.76. The Balaban J connectivity index is 1.95. The highest BCUT2D eigenvalue weighted by molar-refractivity contribution is 6.03. The number of hydrogen-bond donors (Lipinski definition) is 2. The first-order valence-corrected chi connectivity index (χ1v) is 6.02. The standard InChI is InChI=1S/C13H16N2O3/c1-2-18-12(16)8-7-11-13(17)15-10-6-4-3-5-9(10)14-11/h3-6,11,14H,2,7-8H2,1H3,(H,15,17)/t11-/m0/s1. The third-order valence-electron chi connectivity index (χ3n) is 2.77. The third-order valence-corrected chi connectivity index (χ3v) is 2.77. The van der Waals surface area contributed by atoms with E-state index in [1.165, 1.54) is 0 Å². The molecule has 1 aromatic carbocycles. The molecule has 0 aromatic heterocycles. The molecule has 2 N–H and O–H groups in total. The van der Waals surface area contributed by atoms with Gasteiger partial charge in [0, 0.05) is 6.42 Å². The van der Waals surface area contributed by atoms with E-state index in [4.69, 9.17) is 4.74 Å². The van der Waals surface area contributed by atoms with E-state index in [0.29, 0.717) is 13.0 Å². The van der Waals surface area contributed by atoms with Crippen LogP contribution in [0.5, 0.6) is 0 Å². The van der Waals surface area contributed by atoms with Crippen LogP contribution < -0.4 is 10.6 Å². The van der Waals surface area contributed by atoms with Crippen molar-refractivity contribution in [2.24, 2.45) is 0 Å². The molecule has 1 atom stereocenters. The number of benzene rings is 1. The lowest BCUT2D eigenvalue weighted by atomic mass is 10.1. The lowest BCUT2D eigenvalue weighted by Gasteiger charge is -2.26. The smallest absolute Gasteiger partial charge is 0.305 e. The summed E-state index contributed by atoms with van der Waals surface area (Å²) in [7, 11) is 0. The Labute approximate surface area is 106 Å². The van der Waals surface area contributed by atoms with Crippen molar-refractivity contribution in [3.05, 3.63) is 24.3 Å². The van der Waals surface area contributed by atoms with Crippen LogP contribution >= 0.6 is 0 Å². The van der Waals surface area contributed by atoms with E-state index in [1.807, 2.05) is 24.3 Å². The van der Waals surface area contributed by atoms with Gasteiger partial charge in [-0.3, -0.25) is 9.59 Å². The van der Waals surface area contributed by atoms with Crippen molar-refractivity contribution < 1.29 is 14.3 Å². The molecule has 2 rings (SSSR count). The molecule has 1 aliphatic rings. The van der Waals surface area contributed by atoms with Crippen molar-refractivity contribution in [2.75, 3.05) is 17.2 Å². The number of rotatable bonds is 4. The molecule has 0 radical (unpaired) electrons. The van der Waals surface area contributed by atoms with Crippen LogP contribution in [0.1, 0.15) is 19.8 Å². The zero-order chi connectivity index (χ0) is 13.0. The summed E-state index contributed by atoms with van der Waals surface area (Å²) in [5, 5.41) is 5.94. The van der Waals surface area contributed by atoms with Crippen molar-refractivity contribution in [1.82, 2.24) is 0 Å². The summed E-state index contributed by atoms with van der Waals surface area (Å²) >= 11 is 0. The predicted molar refractivity (Wildman–Crippen MR) is 68.3 cm³/mol. The summed E-state index contributed by atoms with van der Waals surface area (Å²) in [6.07, 6.45) is 0.667. The molecule has 0 unspecified atom stereocenters. The zero-order valence-electron chi connectivity index (χ0n) is 10.2. The monoisotopic (exact) mass is 248 g/mol. The van der Waals surface area contributed by atoms with Crippen LogP contribution in [0, 0.1) is 0 Å². The minimum absolute atomic E-state index is 0.113. The highest BCUT2D eigenvalue weighted by atomic mass is 16.5. The molecular formula is C13H16N2O3. The normalized spacial score (nSPS) is 17.4. The highest BCUT2D eigenvalue weighted by Gasteiger charge is 2.25. The van der Waals surface area contributed by atoms with Crippen molar-refractivity contribution in [3.63, 3.8) is 0 Å². The second-order valence-corrected chi connectivity index (χ2v) is 4.08. The quantitative estimate of drug-likeness (QED) is 0.797. The molecule has 0 spiro atoms. The van der Waals surface area contributed by atoms with Gasteiger partial charge in [-0.05, 0) is 25.5 Å². The van der Waals surface area contributed by atoms with E-state index in [2.05, 4.69) is 10.6 Å². The topological polar surface area (TPSA) is 67.4 Å². The van der Waals surface area contributed by atoms with Gasteiger partial charge < -0.3 is 15.4 Å². The van der Waals surface area contributed by atoms with Crippen LogP contribution in [0.15, 0.2) is 24.3 Å². The van der Waals surface area contributed by atoms with Gasteiger partial charge in [-0.1, -0.05) is 12.1 Å². The molecule has 18 heavy (non-hydrogen) atoms. The van der Waals surface area contributed by atoms with Crippen LogP contribution in [-0.4, -0.2) is 24.5 Å². The van der Waals surface area contributed by atoms with E-state index in [1.54, 1.807) is 6.92 Å². The maximum atomic E-state index is 11.8. The summed E-state index contributed by atoms with van der Waals surface area (Å²) in [6.45, 7) is 2.13. The molecule has 0 aliphatic carbocycles. The molecule has 1 aromatic rings. The third kappa shape index (κ3) is 2.80. The van der Waals surface area contributed by atoms with E-state index in [-0.39, 0.29) is 24.3 Å². The SMILES string of the molecule is CCOC(=O)CC[C@@H]1Nc2ccccc2NC1=O. The lowest BCUT2D eigenvalue weighted by Crippen LogP contribution is -2.39. The Morgan fingerprint density at radius 3 is 2.78 bits per heavy atom. The summed E-state index contributed by atoms with van der Waals surface area (Å²) in [5.74, 6) is -0.385. The fraction of sp³-hybridized carbons (Fsp3) is 0.385. The zero-order valence-corrected chi connectivity index (χ0v) is 10.2. The van der Waals surface area contributed by atoms with E-state index < -0.39 is 0 Å². The first-order chi connectivity index (χ1) is 8.70. The number of hydrogen-bond acceptors (Lipinski definition) is 4. The van der Waals surface area contributed by atoms with Crippen LogP contribution in [0.2, 0.25) is 0 Å². The lowest BCUT2D eigenvalue weighted by molar-refractivity contribution is -0.143. The van der Waals surface area contributed by atoms with E-state index in [9.17, 15) is 9.59 Å². The number of esters is 1. The van der Waals surface area contributed by atoms with Gasteiger partial charge in [-0.15, -0.1) is 0 Å². The Hall–Kier alpha value is -2.04. The summed E-state index contributed by atoms with van der Waals surface area (Å²) in [5.41, 5.74) is 1.65. The van der Waals surface area contributed by atoms with Crippen molar-refractivity contribution in [2.45, 2.75) is 25.8 Å². The Morgan fingerprint density at radius 2 is 2.06 bits per heavy atom. The van der Waals surface area contributed by atoms with Gasteiger partial charge in [-0.25, -0.2) is 0 Å². The van der Waals surface area contributed by atoms with E-state index >= 15 is 0 Å². The number of para-hydroxylation sites is 2. The second-order valence-electron chi connectivity index (χ2n) is 4.08. The number of carbonyl (C=O) groups excluding carboxylic acids is 2. The first-order valence-electron chi connectivity index (χ1n) is 6.02. The molecule has 0 bridgehead atoms. The van der Waals surface area contributed by atoms with Gasteiger partial charge in [0.2, 0.25) is 5.91 Å². The molecule has 96 valence electrons. The highest BCUT2D eigenvalue weighted by Crippen LogP contribution is 2.26. The second kappa shape index (κ2) is 5.53. The Morgan fingerprint density at radius 1 is 1.33 bits per heavy atom. The van der Waals surface area contributed by atoms with Crippen LogP contribution in [0.3, 0.4) is 0 Å². The molecule has 0 saturated carbocycles. The summed E-state index contributed by atoms with van der Waals surface area (Å²) in [6, 6.07) is 7.10. The van der Waals surface area contributed by atoms with Crippen LogP contribution in [0.4, 0.5) is 11.4 Å². The van der Waals surface area contributed by atoms with Gasteiger partial charge in [0.15, 0.2) is 0 Å². The fourth-order valence-corrected chi connectivity index (χ4v) is 1.89. The number of amides is 1. The molecule has 1 amide bonds. The maximum Gasteiger partial charge on any atom is 0.305 e. The Bertz CT molecular complexity index is 459. The molecular weight excluding hydrogens is 232 g/mol. The number of anilines is 2. The number of carbonyl (C=O) groups is 2. The largest absolute Gasteiger partial charge is 0.466 e. The minimum Gasteiger partial charge on any atom is -0.466 e. The van der Waals surface area contributed by atoms with Gasteiger partial charge in [0.25, 0.3) is 0 Å². The van der Waals surface area contributed by atoms with Crippen molar-refractivity contribution >= 4 is 23.3 Å². The average molecular weight is 248 g/mol. The molecule has 0 fully saturated rings.